The zero-order valence-corrected chi connectivity index (χ0v) is 45.3. The van der Waals surface area contributed by atoms with Gasteiger partial charge < -0.3 is 65.1 Å². The van der Waals surface area contributed by atoms with Gasteiger partial charge in [-0.1, -0.05) is 195 Å². The topological polar surface area (TPSA) is 228 Å². The second-order valence-corrected chi connectivity index (χ2v) is 19.7. The number of ether oxygens (including phenoxy) is 4. The normalized spacial score (nSPS) is 26.0. The quantitative estimate of drug-likeness (QED) is 0.0205. The smallest absolute Gasteiger partial charge is 0.220 e. The molecule has 12 atom stereocenters. The highest BCUT2D eigenvalue weighted by Crippen LogP contribution is 2.30. The van der Waals surface area contributed by atoms with Crippen molar-refractivity contribution in [3.63, 3.8) is 0 Å². The van der Waals surface area contributed by atoms with E-state index in [0.29, 0.717) is 12.8 Å². The van der Waals surface area contributed by atoms with E-state index in [9.17, 15) is 45.6 Å². The fourth-order valence-corrected chi connectivity index (χ4v) is 8.72. The Morgan fingerprint density at radius 3 is 1.43 bits per heavy atom. The Labute approximate surface area is 445 Å². The van der Waals surface area contributed by atoms with Crippen LogP contribution >= 0.6 is 0 Å². The highest BCUT2D eigenvalue weighted by molar-refractivity contribution is 5.76. The van der Waals surface area contributed by atoms with Gasteiger partial charge in [-0.05, 0) is 77.0 Å². The Balaban J connectivity index is 1.63. The number of unbranched alkanes of at least 4 members (excludes halogenated alkanes) is 14. The van der Waals surface area contributed by atoms with Crippen molar-refractivity contribution < 1.29 is 64.6 Å². The summed E-state index contributed by atoms with van der Waals surface area (Å²) in [5.41, 5.74) is 0. The molecule has 1 amide bonds. The molecule has 2 fully saturated rings. The monoisotopic (exact) mass is 1040 g/mol. The highest BCUT2D eigenvalue weighted by Gasteiger charge is 2.51. The highest BCUT2D eigenvalue weighted by atomic mass is 16.7. The molecule has 14 nitrogen and oxygen atoms in total. The number of hydrogen-bond donors (Lipinski definition) is 9. The van der Waals surface area contributed by atoms with Crippen LogP contribution in [0.15, 0.2) is 97.2 Å². The minimum Gasteiger partial charge on any atom is -0.394 e. The van der Waals surface area contributed by atoms with Crippen LogP contribution in [0, 0.1) is 0 Å². The van der Waals surface area contributed by atoms with Gasteiger partial charge in [-0.3, -0.25) is 4.79 Å². The van der Waals surface area contributed by atoms with Crippen LogP contribution in [-0.2, 0) is 23.7 Å². The number of aliphatic hydroxyl groups is 8. The number of rotatable bonds is 43. The third-order valence-corrected chi connectivity index (χ3v) is 13.3. The fraction of sp³-hybridized carbons (Fsp3) is 0.717. The maximum absolute atomic E-state index is 13.2. The van der Waals surface area contributed by atoms with Crippen molar-refractivity contribution in [3.8, 4) is 0 Å². The summed E-state index contributed by atoms with van der Waals surface area (Å²) in [6, 6.07) is -0.837. The number of amides is 1. The van der Waals surface area contributed by atoms with Crippen LogP contribution in [0.2, 0.25) is 0 Å². The molecule has 0 radical (unpaired) electrons. The van der Waals surface area contributed by atoms with E-state index >= 15 is 0 Å². The minimum atomic E-state index is -1.79. The first-order chi connectivity index (χ1) is 36.1. The lowest BCUT2D eigenvalue weighted by molar-refractivity contribution is -0.359. The van der Waals surface area contributed by atoms with E-state index in [1.54, 1.807) is 0 Å². The van der Waals surface area contributed by atoms with Crippen molar-refractivity contribution in [1.29, 1.82) is 0 Å². The lowest BCUT2D eigenvalue weighted by Crippen LogP contribution is -2.65. The molecule has 0 aromatic carbocycles. The lowest BCUT2D eigenvalue weighted by atomic mass is 9.97. The van der Waals surface area contributed by atoms with Crippen molar-refractivity contribution in [2.75, 3.05) is 19.8 Å². The number of hydrogen-bond acceptors (Lipinski definition) is 13. The Bertz CT molecular complexity index is 1610. The fourth-order valence-electron chi connectivity index (χ4n) is 8.72. The Kier molecular flexibility index (Phi) is 40.7. The first-order valence-corrected chi connectivity index (χ1v) is 28.5. The van der Waals surface area contributed by atoms with Gasteiger partial charge in [0, 0.05) is 6.42 Å². The average Bonchev–Trinajstić information content (AvgIpc) is 3.40. The Morgan fingerprint density at radius 2 is 0.932 bits per heavy atom. The summed E-state index contributed by atoms with van der Waals surface area (Å²) < 4.78 is 22.7. The molecule has 9 N–H and O–H groups in total. The van der Waals surface area contributed by atoms with E-state index in [0.717, 1.165) is 109 Å². The second kappa shape index (κ2) is 45.0. The number of nitrogens with one attached hydrogen (secondary N) is 1. The van der Waals surface area contributed by atoms with Gasteiger partial charge in [0.1, 0.15) is 48.8 Å². The largest absolute Gasteiger partial charge is 0.394 e. The lowest BCUT2D eigenvalue weighted by Gasteiger charge is -2.46. The predicted octanol–water partition coefficient (Wildman–Crippen LogP) is 9.10. The van der Waals surface area contributed by atoms with Gasteiger partial charge in [-0.25, -0.2) is 0 Å². The third-order valence-electron chi connectivity index (χ3n) is 13.3. The standard InChI is InChI=1S/C60H101NO13/c1-3-5-7-9-11-12-13-14-15-16-17-18-19-20-21-22-23-24-25-26-27-28-29-30-31-32-33-34-35-36-38-40-42-44-52(65)61-48(49(64)43-41-39-37-10-8-6-4-2)47-71-59-57(70)55(68)58(51(46-63)73-59)74-60-56(69)54(67)53(66)50(45-62)72-60/h5,7,11-12,14-15,17-18,20-21,23-24,26-27,29-30,48-51,53-60,62-64,66-70H,3-4,6,8-10,13,16,19,22,25,28,31-47H2,1-2H3,(H,61,65)/b7-5-,12-11-,15-14-,18-17-,21-20-,24-23-,27-26-,30-29-. The predicted molar refractivity (Wildman–Crippen MR) is 295 cm³/mol. The zero-order chi connectivity index (χ0) is 53.9. The van der Waals surface area contributed by atoms with E-state index < -0.39 is 86.8 Å². The number of carbonyl (C=O) groups is 1. The summed E-state index contributed by atoms with van der Waals surface area (Å²) >= 11 is 0. The molecule has 2 heterocycles. The maximum Gasteiger partial charge on any atom is 0.220 e. The van der Waals surface area contributed by atoms with Gasteiger partial charge in [-0.15, -0.1) is 0 Å². The van der Waals surface area contributed by atoms with Crippen molar-refractivity contribution in [2.24, 2.45) is 0 Å². The van der Waals surface area contributed by atoms with Crippen molar-refractivity contribution in [1.82, 2.24) is 5.32 Å². The molecule has 2 rings (SSSR count). The third kappa shape index (κ3) is 30.6. The van der Waals surface area contributed by atoms with E-state index in [2.05, 4.69) is 116 Å². The zero-order valence-electron chi connectivity index (χ0n) is 45.3. The van der Waals surface area contributed by atoms with Crippen LogP contribution in [0.3, 0.4) is 0 Å². The number of aliphatic hydroxyl groups excluding tert-OH is 8. The summed E-state index contributed by atoms with van der Waals surface area (Å²) in [5.74, 6) is -0.225. The van der Waals surface area contributed by atoms with Gasteiger partial charge >= 0.3 is 0 Å². The Hall–Kier alpha value is -3.09. The molecule has 2 saturated heterocycles. The SMILES string of the molecule is CC/C=C\C/C=C\C/C=C\C/C=C\C/C=C\C/C=C\C/C=C\C/C=C\CCCCCCCCCCC(=O)NC(COC1OC(CO)C(OC2OC(CO)C(O)C(O)C2O)C(O)C1O)C(O)CCCCCCCCC. The molecular weight excluding hydrogens is 943 g/mol. The molecule has 0 spiro atoms. The molecule has 14 heteroatoms. The molecular formula is C60H101NO13. The van der Waals surface area contributed by atoms with Gasteiger partial charge in [0.2, 0.25) is 5.91 Å². The summed E-state index contributed by atoms with van der Waals surface area (Å²) in [6.45, 7) is 2.65. The molecule has 74 heavy (non-hydrogen) atoms. The first kappa shape index (κ1) is 67.0. The Morgan fingerprint density at radius 1 is 0.500 bits per heavy atom. The molecule has 0 aliphatic carbocycles. The molecule has 2 aliphatic heterocycles. The molecule has 2 aliphatic rings. The van der Waals surface area contributed by atoms with E-state index in [4.69, 9.17) is 18.9 Å². The van der Waals surface area contributed by atoms with Crippen LogP contribution in [-0.4, -0.2) is 140 Å². The summed E-state index contributed by atoms with van der Waals surface area (Å²) in [5, 5.41) is 86.7. The second-order valence-electron chi connectivity index (χ2n) is 19.7. The van der Waals surface area contributed by atoms with Crippen molar-refractivity contribution >= 4 is 5.91 Å². The molecule has 0 aromatic rings. The van der Waals surface area contributed by atoms with Crippen LogP contribution in [0.5, 0.6) is 0 Å². The van der Waals surface area contributed by atoms with Crippen LogP contribution in [0.1, 0.15) is 181 Å². The van der Waals surface area contributed by atoms with Gasteiger partial charge in [0.05, 0.1) is 32.0 Å². The van der Waals surface area contributed by atoms with E-state index in [1.165, 1.54) is 38.5 Å². The molecule has 0 saturated carbocycles. The summed E-state index contributed by atoms with van der Waals surface area (Å²) in [7, 11) is 0. The van der Waals surface area contributed by atoms with Crippen molar-refractivity contribution in [2.45, 2.75) is 254 Å². The number of carbonyl (C=O) groups excluding carboxylic acids is 1. The summed E-state index contributed by atoms with van der Waals surface area (Å²) in [6.07, 6.45) is 44.5. The van der Waals surface area contributed by atoms with Crippen LogP contribution < -0.4 is 5.32 Å². The molecule has 424 valence electrons. The summed E-state index contributed by atoms with van der Waals surface area (Å²) in [4.78, 5) is 13.2. The van der Waals surface area contributed by atoms with Gasteiger partial charge in [0.25, 0.3) is 0 Å². The molecule has 12 unspecified atom stereocenters. The average molecular weight is 1040 g/mol. The maximum atomic E-state index is 13.2. The van der Waals surface area contributed by atoms with Gasteiger partial charge in [0.15, 0.2) is 12.6 Å². The minimum absolute atomic E-state index is 0.225. The van der Waals surface area contributed by atoms with E-state index in [1.807, 2.05) is 0 Å². The molecule has 0 aromatic heterocycles. The van der Waals surface area contributed by atoms with E-state index in [-0.39, 0.29) is 18.9 Å². The first-order valence-electron chi connectivity index (χ1n) is 28.5. The van der Waals surface area contributed by atoms with Crippen LogP contribution in [0.4, 0.5) is 0 Å². The van der Waals surface area contributed by atoms with Crippen LogP contribution in [0.25, 0.3) is 0 Å². The van der Waals surface area contributed by atoms with Gasteiger partial charge in [-0.2, -0.15) is 0 Å². The molecule has 0 bridgehead atoms. The number of allylic oxidation sites excluding steroid dienone is 16. The van der Waals surface area contributed by atoms with Crippen molar-refractivity contribution in [3.05, 3.63) is 97.2 Å².